The predicted molar refractivity (Wildman–Crippen MR) is 369 cm³/mol. The second-order valence-electron chi connectivity index (χ2n) is 21.8. The minimum atomic E-state index is 0.798. The monoisotopic (exact) mass is 1260 g/mol. The number of nitrogens with zero attached hydrogens (tertiary/aromatic N) is 4. The Morgan fingerprint density at radius 1 is 0.262 bits per heavy atom. The Hall–Kier alpha value is -4.88. The molecule has 8 aromatic carbocycles. The highest BCUT2D eigenvalue weighted by molar-refractivity contribution is 8.00. The van der Waals surface area contributed by atoms with E-state index < -0.39 is 0 Å². The quantitative estimate of drug-likeness (QED) is 0.119. The van der Waals surface area contributed by atoms with Crippen LogP contribution in [0.3, 0.4) is 0 Å². The molecule has 0 fully saturated rings. The van der Waals surface area contributed by atoms with Crippen molar-refractivity contribution in [1.82, 2.24) is 19.6 Å². The van der Waals surface area contributed by atoms with Crippen LogP contribution in [-0.4, -0.2) is 102 Å². The number of hydrogen-bond acceptors (Lipinski definition) is 8. The highest BCUT2D eigenvalue weighted by atomic mass is 35.5. The van der Waals surface area contributed by atoms with Gasteiger partial charge in [0.05, 0.1) is 0 Å². The van der Waals surface area contributed by atoms with Gasteiger partial charge in [0.25, 0.3) is 0 Å². The van der Waals surface area contributed by atoms with Gasteiger partial charge in [0.2, 0.25) is 0 Å². The first kappa shape index (κ1) is 63.6. The maximum absolute atomic E-state index is 6.21. The van der Waals surface area contributed by atoms with Crippen molar-refractivity contribution in [1.29, 1.82) is 0 Å². The number of halogens is 4. The summed E-state index contributed by atoms with van der Waals surface area (Å²) in [6, 6.07) is 59.1. The van der Waals surface area contributed by atoms with Crippen molar-refractivity contribution in [2.24, 2.45) is 0 Å². The van der Waals surface area contributed by atoms with E-state index in [9.17, 15) is 0 Å². The molecule has 0 aliphatic carbocycles. The molecule has 0 N–H and O–H groups in total. The van der Waals surface area contributed by atoms with Crippen LogP contribution >= 0.6 is 93.5 Å². The molecule has 4 nitrogen and oxygen atoms in total. The van der Waals surface area contributed by atoms with Crippen LogP contribution in [0.4, 0.5) is 0 Å². The smallest absolute Gasteiger partial charge is 0.0412 e. The van der Waals surface area contributed by atoms with E-state index in [0.717, 1.165) is 72.0 Å². The van der Waals surface area contributed by atoms with E-state index in [0.29, 0.717) is 0 Å². The molecule has 0 atom stereocenters. The van der Waals surface area contributed by atoms with Gasteiger partial charge in [-0.2, -0.15) is 0 Å². The van der Waals surface area contributed by atoms with E-state index in [-0.39, 0.29) is 0 Å². The van der Waals surface area contributed by atoms with Crippen LogP contribution in [0.1, 0.15) is 70.2 Å². The number of rotatable bonds is 12. The molecule has 0 amide bonds. The van der Waals surface area contributed by atoms with Gasteiger partial charge in [-0.25, -0.2) is 0 Å². The van der Waals surface area contributed by atoms with Crippen molar-refractivity contribution >= 4 is 116 Å². The van der Waals surface area contributed by atoms with Crippen LogP contribution in [0.15, 0.2) is 233 Å². The minimum Gasteiger partial charge on any atom is -0.309 e. The summed E-state index contributed by atoms with van der Waals surface area (Å²) in [5.74, 6) is 0. The Labute approximate surface area is 537 Å². The molecule has 0 aromatic heterocycles. The molecule has 4 heterocycles. The second kappa shape index (κ2) is 30.7. The van der Waals surface area contributed by atoms with Crippen LogP contribution < -0.4 is 0 Å². The van der Waals surface area contributed by atoms with E-state index in [4.69, 9.17) is 46.4 Å². The van der Waals surface area contributed by atoms with Crippen molar-refractivity contribution in [2.45, 2.75) is 64.8 Å². The maximum atomic E-state index is 6.21. The van der Waals surface area contributed by atoms with Crippen molar-refractivity contribution in [2.75, 3.05) is 82.6 Å². The fourth-order valence-corrected chi connectivity index (χ4v) is 15.2. The lowest BCUT2D eigenvalue weighted by Crippen LogP contribution is -2.12. The predicted octanol–water partition coefficient (Wildman–Crippen LogP) is 20.8. The van der Waals surface area contributed by atoms with E-state index in [1.807, 2.05) is 71.3 Å². The van der Waals surface area contributed by atoms with Gasteiger partial charge in [-0.1, -0.05) is 191 Å². The van der Waals surface area contributed by atoms with Crippen LogP contribution in [0.25, 0.3) is 22.3 Å². The van der Waals surface area contributed by atoms with Crippen molar-refractivity contribution in [3.63, 3.8) is 0 Å². The third-order valence-corrected chi connectivity index (χ3v) is 19.8. The van der Waals surface area contributed by atoms with Gasteiger partial charge >= 0.3 is 0 Å². The second-order valence-corrected chi connectivity index (χ2v) is 27.9. The molecule has 0 radical (unpaired) electrons. The molecule has 0 bridgehead atoms. The number of fused-ring (bicyclic) bond motifs is 8. The van der Waals surface area contributed by atoms with Crippen molar-refractivity contribution < 1.29 is 0 Å². The third-order valence-electron chi connectivity index (χ3n) is 14.2. The molecule has 0 spiro atoms. The van der Waals surface area contributed by atoms with Crippen molar-refractivity contribution in [3.05, 3.63) is 259 Å². The molecule has 12 rings (SSSR count). The Morgan fingerprint density at radius 3 is 0.655 bits per heavy atom. The molecular formula is C72H72Cl4N4S4. The average molecular weight is 1260 g/mol. The van der Waals surface area contributed by atoms with E-state index >= 15 is 0 Å². The summed E-state index contributed by atoms with van der Waals surface area (Å²) < 4.78 is 0. The van der Waals surface area contributed by atoms with Crippen LogP contribution in [-0.2, 0) is 0 Å². The van der Waals surface area contributed by atoms with Crippen LogP contribution in [0, 0.1) is 0 Å². The summed E-state index contributed by atoms with van der Waals surface area (Å²) in [6.45, 7) is 4.20. The molecule has 0 unspecified atom stereocenters. The fraction of sp³-hybridized carbons (Fsp3) is 0.222. The zero-order chi connectivity index (χ0) is 59.3. The lowest BCUT2D eigenvalue weighted by molar-refractivity contribution is 0.417. The lowest BCUT2D eigenvalue weighted by atomic mass is 9.96. The number of hydrogen-bond donors (Lipinski definition) is 0. The first-order valence-electron chi connectivity index (χ1n) is 28.3. The van der Waals surface area contributed by atoms with E-state index in [1.165, 1.54) is 106 Å². The molecule has 0 saturated heterocycles. The van der Waals surface area contributed by atoms with E-state index in [2.05, 4.69) is 246 Å². The van der Waals surface area contributed by atoms with Crippen molar-refractivity contribution in [3.8, 4) is 0 Å². The molecule has 8 aromatic rings. The normalized spacial score (nSPS) is 15.1. The molecule has 432 valence electrons. The minimum absolute atomic E-state index is 0.798. The standard InChI is InChI=1S/4C18H18ClNS/c4*1-20(2)11-5-7-14-15-6-3-4-8-17(15)21-18-10-9-13(19)12-16(14)18/h4*3-4,6-10,12H,5,11H2,1-2H3/b4*14-7-. The lowest BCUT2D eigenvalue weighted by Gasteiger charge is -2.22. The SMILES string of the molecule is CN(C)CC/C=C1/c2ccccc2Sc2ccc(Cl)cc21.CN(C)CC/C=C1/c2ccccc2Sc2ccc(Cl)cc21.CN(C)CC/C=C1/c2ccccc2Sc2ccc(Cl)cc21.CN(C)CC/C=C1/c2ccccc2Sc2ccc(Cl)cc21. The molecule has 4 aliphatic rings. The Bertz CT molecular complexity index is 3250. The van der Waals surface area contributed by atoms with Gasteiger partial charge in [0.1, 0.15) is 0 Å². The van der Waals surface area contributed by atoms with Gasteiger partial charge in [-0.05, 0) is 246 Å². The molecule has 4 aliphatic heterocycles. The van der Waals surface area contributed by atoms with Crippen LogP contribution in [0.5, 0.6) is 0 Å². The Kier molecular flexibility index (Phi) is 23.2. The summed E-state index contributed by atoms with van der Waals surface area (Å²) in [6.07, 6.45) is 13.5. The molecule has 84 heavy (non-hydrogen) atoms. The first-order chi connectivity index (χ1) is 40.6. The summed E-state index contributed by atoms with van der Waals surface area (Å²) in [7, 11) is 16.8. The zero-order valence-corrected chi connectivity index (χ0v) is 55.4. The highest BCUT2D eigenvalue weighted by Gasteiger charge is 2.24. The number of benzene rings is 8. The van der Waals surface area contributed by atoms with Crippen LogP contribution in [0.2, 0.25) is 20.1 Å². The summed E-state index contributed by atoms with van der Waals surface area (Å²) in [4.78, 5) is 19.3. The van der Waals surface area contributed by atoms with Gasteiger partial charge in [0, 0.05) is 85.4 Å². The topological polar surface area (TPSA) is 13.0 Å². The molecule has 0 saturated carbocycles. The van der Waals surface area contributed by atoms with Gasteiger partial charge < -0.3 is 19.6 Å². The van der Waals surface area contributed by atoms with Gasteiger partial charge in [-0.15, -0.1) is 0 Å². The molecule has 12 heteroatoms. The van der Waals surface area contributed by atoms with E-state index in [1.54, 1.807) is 0 Å². The highest BCUT2D eigenvalue weighted by Crippen LogP contribution is 2.50. The van der Waals surface area contributed by atoms with Gasteiger partial charge in [0.15, 0.2) is 0 Å². The zero-order valence-electron chi connectivity index (χ0n) is 49.1. The average Bonchev–Trinajstić information content (AvgIpc) is 2.64. The summed E-state index contributed by atoms with van der Waals surface area (Å²) in [5.41, 5.74) is 15.5. The largest absolute Gasteiger partial charge is 0.309 e. The van der Waals surface area contributed by atoms with Gasteiger partial charge in [-0.3, -0.25) is 0 Å². The summed E-state index contributed by atoms with van der Waals surface area (Å²) in [5, 5.41) is 3.19. The Morgan fingerprint density at radius 2 is 0.452 bits per heavy atom. The Balaban J connectivity index is 0.000000134. The fourth-order valence-electron chi connectivity index (χ4n) is 10.1. The maximum Gasteiger partial charge on any atom is 0.0412 e. The summed E-state index contributed by atoms with van der Waals surface area (Å²) >= 11 is 32.1. The third kappa shape index (κ3) is 16.8. The molecular weight excluding hydrogens is 1190 g/mol. The first-order valence-corrected chi connectivity index (χ1v) is 33.1.